The van der Waals surface area contributed by atoms with Gasteiger partial charge in [-0.2, -0.15) is 0 Å². The number of anilines is 1. The van der Waals surface area contributed by atoms with Crippen molar-refractivity contribution in [2.24, 2.45) is 0 Å². The van der Waals surface area contributed by atoms with Gasteiger partial charge in [-0.25, -0.2) is 9.97 Å². The lowest BCUT2D eigenvalue weighted by atomic mass is 10.1. The van der Waals surface area contributed by atoms with Crippen LogP contribution in [-0.4, -0.2) is 20.8 Å². The Kier molecular flexibility index (Phi) is 2.65. The van der Waals surface area contributed by atoms with Crippen LogP contribution in [0.2, 0.25) is 0 Å². The lowest BCUT2D eigenvalue weighted by molar-refractivity contribution is 0.0757. The number of nitrogen functional groups attached to an aromatic ring is 1. The average Bonchev–Trinajstić information content (AvgIpc) is 3.08. The summed E-state index contributed by atoms with van der Waals surface area (Å²) in [6.45, 7) is 1.26. The molecule has 0 bridgehead atoms. The molecule has 0 saturated heterocycles. The van der Waals surface area contributed by atoms with E-state index >= 15 is 0 Å². The first-order valence-corrected chi connectivity index (χ1v) is 7.41. The van der Waals surface area contributed by atoms with E-state index in [-0.39, 0.29) is 5.91 Å². The minimum absolute atomic E-state index is 0.0477. The fourth-order valence-electron chi connectivity index (χ4n) is 2.62. The van der Waals surface area contributed by atoms with Crippen molar-refractivity contribution in [1.29, 1.82) is 0 Å². The van der Waals surface area contributed by atoms with E-state index in [0.29, 0.717) is 34.0 Å². The highest BCUT2D eigenvalue weighted by molar-refractivity contribution is 7.21. The van der Waals surface area contributed by atoms with Gasteiger partial charge in [0.15, 0.2) is 0 Å². The molecule has 2 aromatic heterocycles. The van der Waals surface area contributed by atoms with Gasteiger partial charge < -0.3 is 10.6 Å². The molecule has 5 nitrogen and oxygen atoms in total. The smallest absolute Gasteiger partial charge is 0.266 e. The number of hydrogen-bond donors (Lipinski definition) is 1. The SMILES string of the molecule is Nc1c(C(=O)N2Cc3ccccc3C2)sc2nccnc12. The third kappa shape index (κ3) is 1.87. The number of amides is 1. The molecule has 1 amide bonds. The first kappa shape index (κ1) is 12.3. The minimum atomic E-state index is -0.0477. The summed E-state index contributed by atoms with van der Waals surface area (Å²) in [5, 5.41) is 0. The number of benzene rings is 1. The molecule has 0 fully saturated rings. The van der Waals surface area contributed by atoms with E-state index in [0.717, 1.165) is 0 Å². The molecule has 0 atom stereocenters. The average molecular weight is 296 g/mol. The van der Waals surface area contributed by atoms with E-state index in [4.69, 9.17) is 5.73 Å². The number of carbonyl (C=O) groups is 1. The predicted molar refractivity (Wildman–Crippen MR) is 81.8 cm³/mol. The summed E-state index contributed by atoms with van der Waals surface area (Å²) in [5.41, 5.74) is 9.51. The van der Waals surface area contributed by atoms with Gasteiger partial charge in [0.25, 0.3) is 5.91 Å². The molecule has 0 saturated carbocycles. The summed E-state index contributed by atoms with van der Waals surface area (Å²) in [5.74, 6) is -0.0477. The van der Waals surface area contributed by atoms with Crippen molar-refractivity contribution in [3.8, 4) is 0 Å². The van der Waals surface area contributed by atoms with Crippen molar-refractivity contribution in [3.05, 3.63) is 52.7 Å². The van der Waals surface area contributed by atoms with Gasteiger partial charge in [0, 0.05) is 25.5 Å². The van der Waals surface area contributed by atoms with Gasteiger partial charge in [-0.05, 0) is 11.1 Å². The van der Waals surface area contributed by atoms with E-state index < -0.39 is 0 Å². The lowest BCUT2D eigenvalue weighted by Gasteiger charge is -2.14. The maximum atomic E-state index is 12.7. The molecule has 0 unspecified atom stereocenters. The zero-order valence-corrected chi connectivity index (χ0v) is 11.9. The summed E-state index contributed by atoms with van der Waals surface area (Å²) in [7, 11) is 0. The predicted octanol–water partition coefficient (Wildman–Crippen LogP) is 2.43. The van der Waals surface area contributed by atoms with Crippen LogP contribution in [0.3, 0.4) is 0 Å². The zero-order valence-electron chi connectivity index (χ0n) is 11.1. The topological polar surface area (TPSA) is 72.1 Å². The molecular weight excluding hydrogens is 284 g/mol. The van der Waals surface area contributed by atoms with Gasteiger partial charge in [-0.15, -0.1) is 11.3 Å². The summed E-state index contributed by atoms with van der Waals surface area (Å²) in [4.78, 5) is 24.2. The van der Waals surface area contributed by atoms with Crippen LogP contribution in [0.1, 0.15) is 20.8 Å². The quantitative estimate of drug-likeness (QED) is 0.748. The van der Waals surface area contributed by atoms with Gasteiger partial charge in [0.1, 0.15) is 15.2 Å². The van der Waals surface area contributed by atoms with Crippen molar-refractivity contribution >= 4 is 33.3 Å². The number of aromatic nitrogens is 2. The molecule has 104 valence electrons. The molecule has 0 spiro atoms. The van der Waals surface area contributed by atoms with Crippen LogP contribution in [0.4, 0.5) is 5.69 Å². The second kappa shape index (κ2) is 4.53. The van der Waals surface area contributed by atoms with Crippen molar-refractivity contribution in [2.45, 2.75) is 13.1 Å². The molecule has 21 heavy (non-hydrogen) atoms. The fraction of sp³-hybridized carbons (Fsp3) is 0.133. The Morgan fingerprint density at radius 1 is 1.14 bits per heavy atom. The lowest BCUT2D eigenvalue weighted by Crippen LogP contribution is -2.25. The summed E-state index contributed by atoms with van der Waals surface area (Å²) in [6, 6.07) is 8.10. The second-order valence-corrected chi connectivity index (χ2v) is 5.98. The Morgan fingerprint density at radius 2 is 1.81 bits per heavy atom. The Bertz CT molecular complexity index is 833. The maximum absolute atomic E-state index is 12.7. The third-order valence-corrected chi connectivity index (χ3v) is 4.78. The number of fused-ring (bicyclic) bond motifs is 2. The first-order chi connectivity index (χ1) is 10.2. The van der Waals surface area contributed by atoms with Gasteiger partial charge in [-0.1, -0.05) is 24.3 Å². The highest BCUT2D eigenvalue weighted by Gasteiger charge is 2.27. The van der Waals surface area contributed by atoms with Crippen LogP contribution in [0.25, 0.3) is 10.3 Å². The number of thiophene rings is 1. The highest BCUT2D eigenvalue weighted by Crippen LogP contribution is 2.33. The van der Waals surface area contributed by atoms with Gasteiger partial charge >= 0.3 is 0 Å². The van der Waals surface area contributed by atoms with Crippen molar-refractivity contribution in [2.75, 3.05) is 5.73 Å². The molecule has 3 heterocycles. The van der Waals surface area contributed by atoms with E-state index in [2.05, 4.69) is 22.1 Å². The van der Waals surface area contributed by atoms with Crippen molar-refractivity contribution in [3.63, 3.8) is 0 Å². The molecule has 4 rings (SSSR count). The van der Waals surface area contributed by atoms with E-state index in [1.165, 1.54) is 22.5 Å². The Balaban J connectivity index is 1.71. The van der Waals surface area contributed by atoms with Gasteiger partial charge in [0.05, 0.1) is 5.69 Å². The minimum Gasteiger partial charge on any atom is -0.396 e. The number of rotatable bonds is 1. The van der Waals surface area contributed by atoms with Crippen molar-refractivity contribution in [1.82, 2.24) is 14.9 Å². The summed E-state index contributed by atoms with van der Waals surface area (Å²) < 4.78 is 0. The number of nitrogens with two attached hydrogens (primary N) is 1. The van der Waals surface area contributed by atoms with E-state index in [9.17, 15) is 4.79 Å². The fourth-order valence-corrected chi connectivity index (χ4v) is 3.61. The monoisotopic (exact) mass is 296 g/mol. The number of nitrogens with zero attached hydrogens (tertiary/aromatic N) is 3. The molecule has 1 aliphatic heterocycles. The highest BCUT2D eigenvalue weighted by atomic mass is 32.1. The normalized spacial score (nSPS) is 13.6. The Morgan fingerprint density at radius 3 is 2.48 bits per heavy atom. The van der Waals surface area contributed by atoms with Crippen LogP contribution >= 0.6 is 11.3 Å². The van der Waals surface area contributed by atoms with Crippen LogP contribution in [0.5, 0.6) is 0 Å². The zero-order chi connectivity index (χ0) is 14.4. The molecule has 0 radical (unpaired) electrons. The second-order valence-electron chi connectivity index (χ2n) is 4.98. The first-order valence-electron chi connectivity index (χ1n) is 6.59. The van der Waals surface area contributed by atoms with Crippen LogP contribution in [0.15, 0.2) is 36.7 Å². The molecule has 1 aliphatic rings. The summed E-state index contributed by atoms with van der Waals surface area (Å²) in [6.07, 6.45) is 3.20. The van der Waals surface area contributed by atoms with Crippen LogP contribution < -0.4 is 5.73 Å². The largest absolute Gasteiger partial charge is 0.396 e. The number of hydrogen-bond acceptors (Lipinski definition) is 5. The van der Waals surface area contributed by atoms with Crippen LogP contribution in [0, 0.1) is 0 Å². The molecular formula is C15H12N4OS. The van der Waals surface area contributed by atoms with E-state index in [1.807, 2.05) is 17.0 Å². The van der Waals surface area contributed by atoms with E-state index in [1.54, 1.807) is 12.4 Å². The molecule has 1 aromatic carbocycles. The Labute approximate surface area is 125 Å². The van der Waals surface area contributed by atoms with Crippen LogP contribution in [-0.2, 0) is 13.1 Å². The summed E-state index contributed by atoms with van der Waals surface area (Å²) >= 11 is 1.31. The molecule has 0 aliphatic carbocycles. The van der Waals surface area contributed by atoms with Gasteiger partial charge in [-0.3, -0.25) is 4.79 Å². The number of carbonyl (C=O) groups excluding carboxylic acids is 1. The van der Waals surface area contributed by atoms with Crippen molar-refractivity contribution < 1.29 is 4.79 Å². The molecule has 3 aromatic rings. The molecule has 6 heteroatoms. The standard InChI is InChI=1S/C15H12N4OS/c16-11-12-14(18-6-5-17-12)21-13(11)15(20)19-7-9-3-1-2-4-10(9)8-19/h1-6H,7-8,16H2. The Hall–Kier alpha value is -2.47. The van der Waals surface area contributed by atoms with Gasteiger partial charge in [0.2, 0.25) is 0 Å². The molecule has 2 N–H and O–H groups in total. The maximum Gasteiger partial charge on any atom is 0.266 e. The third-order valence-electron chi connectivity index (χ3n) is 3.69.